The van der Waals surface area contributed by atoms with Crippen molar-refractivity contribution in [2.75, 3.05) is 7.05 Å². The van der Waals surface area contributed by atoms with Crippen LogP contribution in [0.3, 0.4) is 0 Å². The van der Waals surface area contributed by atoms with Crippen LogP contribution in [0.2, 0.25) is 0 Å². The molecule has 0 amide bonds. The summed E-state index contributed by atoms with van der Waals surface area (Å²) in [5, 5.41) is 3.84. The highest BCUT2D eigenvalue weighted by Gasteiger charge is 2.00. The van der Waals surface area contributed by atoms with Gasteiger partial charge in [0.15, 0.2) is 5.16 Å². The monoisotopic (exact) mass is 309 g/mol. The van der Waals surface area contributed by atoms with E-state index >= 15 is 0 Å². The summed E-state index contributed by atoms with van der Waals surface area (Å²) >= 11 is 4.97. The largest absolute Gasteiger partial charge is 0.316 e. The molecule has 1 heterocycles. The fourth-order valence-electron chi connectivity index (χ4n) is 1.30. The van der Waals surface area contributed by atoms with Crippen LogP contribution in [-0.2, 0) is 6.54 Å². The first-order valence-corrected chi connectivity index (χ1v) is 6.78. The summed E-state index contributed by atoms with van der Waals surface area (Å²) in [6.45, 7) is 0.795. The van der Waals surface area contributed by atoms with Gasteiger partial charge >= 0.3 is 0 Å². The molecule has 88 valence electrons. The van der Waals surface area contributed by atoms with Crippen molar-refractivity contribution in [3.63, 3.8) is 0 Å². The minimum atomic E-state index is 0.771. The van der Waals surface area contributed by atoms with Gasteiger partial charge in [0.1, 0.15) is 0 Å². The molecule has 0 atom stereocenters. The third-order valence-electron chi connectivity index (χ3n) is 2.09. The first kappa shape index (κ1) is 12.5. The van der Waals surface area contributed by atoms with Crippen LogP contribution in [0.5, 0.6) is 0 Å². The normalized spacial score (nSPS) is 10.5. The van der Waals surface area contributed by atoms with Crippen molar-refractivity contribution in [2.24, 2.45) is 0 Å². The molecule has 1 aromatic heterocycles. The van der Waals surface area contributed by atoms with Crippen LogP contribution >= 0.6 is 27.7 Å². The molecule has 0 saturated carbocycles. The molecule has 1 aromatic carbocycles. The topological polar surface area (TPSA) is 37.8 Å². The molecular weight excluding hydrogens is 298 g/mol. The van der Waals surface area contributed by atoms with Crippen molar-refractivity contribution in [2.45, 2.75) is 16.6 Å². The quantitative estimate of drug-likeness (QED) is 0.881. The number of nitrogens with one attached hydrogen (secondary N) is 1. The second-order valence-electron chi connectivity index (χ2n) is 3.46. The van der Waals surface area contributed by atoms with Crippen molar-refractivity contribution in [1.82, 2.24) is 15.3 Å². The Labute approximate surface area is 113 Å². The average Bonchev–Trinajstić information content (AvgIpc) is 2.35. The molecule has 0 radical (unpaired) electrons. The van der Waals surface area contributed by atoms with Gasteiger partial charge in [-0.2, -0.15) is 0 Å². The van der Waals surface area contributed by atoms with Gasteiger partial charge in [0.25, 0.3) is 0 Å². The number of rotatable bonds is 4. The molecule has 17 heavy (non-hydrogen) atoms. The van der Waals surface area contributed by atoms with Crippen LogP contribution < -0.4 is 5.32 Å². The molecule has 3 nitrogen and oxygen atoms in total. The van der Waals surface area contributed by atoms with Crippen LogP contribution in [0, 0.1) is 0 Å². The molecule has 5 heteroatoms. The van der Waals surface area contributed by atoms with E-state index in [2.05, 4.69) is 31.2 Å². The zero-order valence-electron chi connectivity index (χ0n) is 9.35. The predicted molar refractivity (Wildman–Crippen MR) is 73.1 cm³/mol. The van der Waals surface area contributed by atoms with Gasteiger partial charge in [0.05, 0.1) is 0 Å². The minimum Gasteiger partial charge on any atom is -0.316 e. The Bertz CT molecular complexity index is 470. The van der Waals surface area contributed by atoms with Gasteiger partial charge in [-0.3, -0.25) is 0 Å². The lowest BCUT2D eigenvalue weighted by Crippen LogP contribution is -2.05. The second-order valence-corrected chi connectivity index (χ2v) is 5.42. The first-order valence-electron chi connectivity index (χ1n) is 5.17. The lowest BCUT2D eigenvalue weighted by atomic mass is 10.3. The summed E-state index contributed by atoms with van der Waals surface area (Å²) in [4.78, 5) is 9.76. The molecule has 1 N–H and O–H groups in total. The van der Waals surface area contributed by atoms with Crippen molar-refractivity contribution < 1.29 is 0 Å². The summed E-state index contributed by atoms with van der Waals surface area (Å²) in [6, 6.07) is 8.11. The summed E-state index contributed by atoms with van der Waals surface area (Å²) in [7, 11) is 1.91. The smallest absolute Gasteiger partial charge is 0.192 e. The number of hydrogen-bond acceptors (Lipinski definition) is 4. The van der Waals surface area contributed by atoms with Gasteiger partial charge in [0.2, 0.25) is 0 Å². The molecule has 0 aliphatic heterocycles. The Morgan fingerprint density at radius 2 is 1.82 bits per heavy atom. The second kappa shape index (κ2) is 6.14. The molecule has 0 fully saturated rings. The van der Waals surface area contributed by atoms with E-state index in [1.54, 1.807) is 11.8 Å². The van der Waals surface area contributed by atoms with Crippen molar-refractivity contribution in [1.29, 1.82) is 0 Å². The molecule has 0 aliphatic carbocycles. The summed E-state index contributed by atoms with van der Waals surface area (Å²) < 4.78 is 1.08. The third-order valence-corrected chi connectivity index (χ3v) is 3.52. The van der Waals surface area contributed by atoms with Gasteiger partial charge in [-0.05, 0) is 43.1 Å². The number of aromatic nitrogens is 2. The Kier molecular flexibility index (Phi) is 4.53. The SMILES string of the molecule is CNCc1cnc(Sc2ccc(Br)cc2)nc1. The van der Waals surface area contributed by atoms with Gasteiger partial charge in [-0.15, -0.1) is 0 Å². The minimum absolute atomic E-state index is 0.771. The average molecular weight is 310 g/mol. The standard InChI is InChI=1S/C12H12BrN3S/c1-14-6-9-7-15-12(16-8-9)17-11-4-2-10(13)3-5-11/h2-5,7-8,14H,6H2,1H3. The van der Waals surface area contributed by atoms with Gasteiger partial charge in [0, 0.05) is 33.9 Å². The summed E-state index contributed by atoms with van der Waals surface area (Å²) in [5.41, 5.74) is 1.09. The number of benzene rings is 1. The number of hydrogen-bond donors (Lipinski definition) is 1. The number of halogens is 1. The van der Waals surface area contributed by atoms with Crippen LogP contribution in [0.4, 0.5) is 0 Å². The predicted octanol–water partition coefficient (Wildman–Crippen LogP) is 3.11. The van der Waals surface area contributed by atoms with Crippen molar-refractivity contribution >= 4 is 27.7 Å². The Morgan fingerprint density at radius 3 is 2.41 bits per heavy atom. The summed E-state index contributed by atoms with van der Waals surface area (Å²) in [6.07, 6.45) is 3.70. The lowest BCUT2D eigenvalue weighted by molar-refractivity contribution is 0.793. The van der Waals surface area contributed by atoms with Gasteiger partial charge in [-0.25, -0.2) is 9.97 Å². The Morgan fingerprint density at radius 1 is 1.18 bits per heavy atom. The Balaban J connectivity index is 2.05. The molecule has 2 rings (SSSR count). The van der Waals surface area contributed by atoms with Gasteiger partial charge in [-0.1, -0.05) is 15.9 Å². The molecular formula is C12H12BrN3S. The van der Waals surface area contributed by atoms with E-state index in [1.165, 1.54) is 0 Å². The van der Waals surface area contributed by atoms with E-state index in [0.717, 1.165) is 26.6 Å². The zero-order chi connectivity index (χ0) is 12.1. The maximum atomic E-state index is 4.32. The number of nitrogens with zero attached hydrogens (tertiary/aromatic N) is 2. The molecule has 0 bridgehead atoms. The van der Waals surface area contributed by atoms with Crippen LogP contribution in [0.15, 0.2) is 51.2 Å². The fourth-order valence-corrected chi connectivity index (χ4v) is 2.26. The van der Waals surface area contributed by atoms with E-state index < -0.39 is 0 Å². The van der Waals surface area contributed by atoms with Crippen LogP contribution in [0.1, 0.15) is 5.56 Å². The maximum absolute atomic E-state index is 4.32. The first-order chi connectivity index (χ1) is 8.28. The Hall–Kier alpha value is -0.910. The van der Waals surface area contributed by atoms with E-state index in [9.17, 15) is 0 Å². The van der Waals surface area contributed by atoms with E-state index in [-0.39, 0.29) is 0 Å². The van der Waals surface area contributed by atoms with Crippen LogP contribution in [-0.4, -0.2) is 17.0 Å². The molecule has 0 aliphatic rings. The van der Waals surface area contributed by atoms with E-state index in [4.69, 9.17) is 0 Å². The molecule has 2 aromatic rings. The molecule has 0 saturated heterocycles. The van der Waals surface area contributed by atoms with E-state index in [1.807, 2.05) is 43.7 Å². The van der Waals surface area contributed by atoms with Crippen LogP contribution in [0.25, 0.3) is 0 Å². The zero-order valence-corrected chi connectivity index (χ0v) is 11.8. The van der Waals surface area contributed by atoms with E-state index in [0.29, 0.717) is 0 Å². The summed E-state index contributed by atoms with van der Waals surface area (Å²) in [5.74, 6) is 0. The third kappa shape index (κ3) is 3.80. The highest BCUT2D eigenvalue weighted by atomic mass is 79.9. The molecule has 0 spiro atoms. The van der Waals surface area contributed by atoms with Gasteiger partial charge < -0.3 is 5.32 Å². The van der Waals surface area contributed by atoms with Crippen molar-refractivity contribution in [3.05, 3.63) is 46.7 Å². The fraction of sp³-hybridized carbons (Fsp3) is 0.167. The lowest BCUT2D eigenvalue weighted by Gasteiger charge is -2.02. The highest BCUT2D eigenvalue weighted by Crippen LogP contribution is 2.25. The maximum Gasteiger partial charge on any atom is 0.192 e. The van der Waals surface area contributed by atoms with Crippen molar-refractivity contribution in [3.8, 4) is 0 Å². The highest BCUT2D eigenvalue weighted by molar-refractivity contribution is 9.10. The molecule has 0 unspecified atom stereocenters.